The normalized spacial score (nSPS) is 19.6. The van der Waals surface area contributed by atoms with Crippen molar-refractivity contribution in [1.29, 1.82) is 5.26 Å². The highest BCUT2D eigenvalue weighted by atomic mass is 16.6. The molecule has 1 aromatic carbocycles. The van der Waals surface area contributed by atoms with Crippen molar-refractivity contribution in [2.75, 3.05) is 0 Å². The Balaban J connectivity index is 2.45. The molecule has 0 spiro atoms. The lowest BCUT2D eigenvalue weighted by atomic mass is 9.81. The van der Waals surface area contributed by atoms with Gasteiger partial charge in [0.15, 0.2) is 17.5 Å². The number of nitro benzene ring substituents is 1. The second-order valence-corrected chi connectivity index (χ2v) is 5.91. The van der Waals surface area contributed by atoms with Crippen molar-refractivity contribution >= 4 is 23.2 Å². The van der Waals surface area contributed by atoms with Gasteiger partial charge in [0.25, 0.3) is 5.69 Å². The number of hydrogen-bond donors (Lipinski definition) is 1. The van der Waals surface area contributed by atoms with Crippen LogP contribution in [0.25, 0.3) is 0 Å². The highest BCUT2D eigenvalue weighted by Crippen LogP contribution is 2.27. The molecule has 0 bridgehead atoms. The number of amides is 1. The van der Waals surface area contributed by atoms with Crippen LogP contribution in [0.3, 0.4) is 0 Å². The lowest BCUT2D eigenvalue weighted by Crippen LogP contribution is -2.56. The van der Waals surface area contributed by atoms with E-state index in [-0.39, 0.29) is 17.5 Å². The largest absolute Gasteiger partial charge is 0.350 e. The minimum atomic E-state index is -1.60. The Hall–Kier alpha value is -3.08. The molecule has 8 nitrogen and oxygen atoms in total. The number of carbonyl (C=O) groups is 3. The van der Waals surface area contributed by atoms with E-state index in [2.05, 4.69) is 5.32 Å². The van der Waals surface area contributed by atoms with Crippen LogP contribution < -0.4 is 5.32 Å². The maximum atomic E-state index is 12.5. The number of hydrogen-bond acceptors (Lipinski definition) is 6. The fourth-order valence-corrected chi connectivity index (χ4v) is 2.52. The Morgan fingerprint density at radius 3 is 2.61 bits per heavy atom. The highest BCUT2D eigenvalue weighted by Gasteiger charge is 2.44. The van der Waals surface area contributed by atoms with Crippen molar-refractivity contribution in [3.63, 3.8) is 0 Å². The molecule has 1 N–H and O–H groups in total. The summed E-state index contributed by atoms with van der Waals surface area (Å²) >= 11 is 0. The van der Waals surface area contributed by atoms with Crippen LogP contribution in [0.2, 0.25) is 0 Å². The van der Waals surface area contributed by atoms with E-state index in [4.69, 9.17) is 5.26 Å². The Bertz CT molecular complexity index is 756. The summed E-state index contributed by atoms with van der Waals surface area (Å²) in [6, 6.07) is 5.01. The van der Waals surface area contributed by atoms with Crippen molar-refractivity contribution in [3.8, 4) is 6.07 Å². The average Bonchev–Trinajstić information content (AvgIpc) is 2.44. The van der Waals surface area contributed by atoms with Crippen LogP contribution in [0.4, 0.5) is 5.69 Å². The molecule has 1 aromatic rings. The van der Waals surface area contributed by atoms with Crippen molar-refractivity contribution < 1.29 is 19.3 Å². The molecule has 0 radical (unpaired) electrons. The van der Waals surface area contributed by atoms with Crippen LogP contribution in [-0.4, -0.2) is 27.9 Å². The second-order valence-electron chi connectivity index (χ2n) is 5.91. The number of nitrogens with one attached hydrogen (secondary N) is 1. The maximum absolute atomic E-state index is 12.5. The molecule has 2 rings (SSSR count). The van der Waals surface area contributed by atoms with E-state index >= 15 is 0 Å². The zero-order valence-electron chi connectivity index (χ0n) is 12.5. The molecule has 1 amide bonds. The summed E-state index contributed by atoms with van der Waals surface area (Å²) in [6.07, 6.45) is -0.0424. The summed E-state index contributed by atoms with van der Waals surface area (Å²) in [5.41, 5.74) is -1.71. The molecule has 1 saturated heterocycles. The van der Waals surface area contributed by atoms with Gasteiger partial charge in [-0.2, -0.15) is 5.26 Å². The lowest BCUT2D eigenvalue weighted by Gasteiger charge is -2.33. The monoisotopic (exact) mass is 315 g/mol. The third kappa shape index (κ3) is 3.08. The van der Waals surface area contributed by atoms with Gasteiger partial charge >= 0.3 is 0 Å². The molecular weight excluding hydrogens is 302 g/mol. The molecule has 0 aliphatic carbocycles. The molecule has 1 atom stereocenters. The number of benzene rings is 1. The number of piperidine rings is 1. The molecule has 1 heterocycles. The third-order valence-electron chi connectivity index (χ3n) is 3.51. The van der Waals surface area contributed by atoms with Gasteiger partial charge in [-0.1, -0.05) is 0 Å². The predicted octanol–water partition coefficient (Wildman–Crippen LogP) is 1.13. The number of nitriles is 1. The summed E-state index contributed by atoms with van der Waals surface area (Å²) in [5, 5.41) is 22.4. The van der Waals surface area contributed by atoms with Crippen molar-refractivity contribution in [2.24, 2.45) is 5.92 Å². The quantitative estimate of drug-likeness (QED) is 0.385. The van der Waals surface area contributed by atoms with Crippen LogP contribution in [-0.2, 0) is 9.59 Å². The zero-order chi connectivity index (χ0) is 17.4. The Morgan fingerprint density at radius 2 is 2.09 bits per heavy atom. The number of carbonyl (C=O) groups excluding carboxylic acids is 3. The van der Waals surface area contributed by atoms with Gasteiger partial charge < -0.3 is 5.32 Å². The summed E-state index contributed by atoms with van der Waals surface area (Å²) < 4.78 is 0. The lowest BCUT2D eigenvalue weighted by molar-refractivity contribution is -0.385. The van der Waals surface area contributed by atoms with Crippen LogP contribution in [0.5, 0.6) is 0 Å². The van der Waals surface area contributed by atoms with E-state index in [0.29, 0.717) is 0 Å². The van der Waals surface area contributed by atoms with E-state index < -0.39 is 39.5 Å². The molecule has 8 heteroatoms. The highest BCUT2D eigenvalue weighted by molar-refractivity contribution is 6.25. The topological polar surface area (TPSA) is 130 Å². The summed E-state index contributed by atoms with van der Waals surface area (Å²) in [4.78, 5) is 47.0. The first kappa shape index (κ1) is 16.3. The number of nitro groups is 1. The molecule has 1 aliphatic heterocycles. The molecular formula is C15H13N3O5. The molecule has 1 fully saturated rings. The number of Topliss-reactive ketones (excluding diaryl/α,β-unsaturated/α-hetero) is 2. The number of rotatable bonds is 3. The van der Waals surface area contributed by atoms with Crippen molar-refractivity contribution in [1.82, 2.24) is 5.32 Å². The second kappa shape index (κ2) is 5.61. The first-order valence-electron chi connectivity index (χ1n) is 6.74. The fraction of sp³-hybridized carbons (Fsp3) is 0.333. The summed E-state index contributed by atoms with van der Waals surface area (Å²) in [5.74, 6) is -3.88. The molecule has 1 unspecified atom stereocenters. The van der Waals surface area contributed by atoms with Crippen LogP contribution >= 0.6 is 0 Å². The maximum Gasteiger partial charge on any atom is 0.281 e. The SMILES string of the molecule is CC1(C)CC(=O)C(C(=O)c2ccc(C#N)cc2[N+](=O)[O-])C(=O)N1. The Morgan fingerprint density at radius 1 is 1.43 bits per heavy atom. The molecule has 0 saturated carbocycles. The van der Waals surface area contributed by atoms with Gasteiger partial charge in [0.2, 0.25) is 5.91 Å². The van der Waals surface area contributed by atoms with E-state index in [9.17, 15) is 24.5 Å². The molecule has 118 valence electrons. The first-order valence-corrected chi connectivity index (χ1v) is 6.74. The van der Waals surface area contributed by atoms with Gasteiger partial charge in [0, 0.05) is 18.0 Å². The summed E-state index contributed by atoms with van der Waals surface area (Å²) in [6.45, 7) is 3.29. The molecule has 0 aromatic heterocycles. The minimum absolute atomic E-state index is 0.00815. The predicted molar refractivity (Wildman–Crippen MR) is 77.5 cm³/mol. The minimum Gasteiger partial charge on any atom is -0.350 e. The summed E-state index contributed by atoms with van der Waals surface area (Å²) in [7, 11) is 0. The average molecular weight is 315 g/mol. The number of nitrogens with zero attached hydrogens (tertiary/aromatic N) is 2. The van der Waals surface area contributed by atoms with Crippen LogP contribution in [0, 0.1) is 27.4 Å². The van der Waals surface area contributed by atoms with E-state index in [1.807, 2.05) is 0 Å². The third-order valence-corrected chi connectivity index (χ3v) is 3.51. The zero-order valence-corrected chi connectivity index (χ0v) is 12.5. The van der Waals surface area contributed by atoms with Gasteiger partial charge in [-0.15, -0.1) is 0 Å². The van der Waals surface area contributed by atoms with Crippen LogP contribution in [0.15, 0.2) is 18.2 Å². The van der Waals surface area contributed by atoms with E-state index in [0.717, 1.165) is 12.1 Å². The van der Waals surface area contributed by atoms with Crippen LogP contribution in [0.1, 0.15) is 36.2 Å². The number of ketones is 2. The smallest absolute Gasteiger partial charge is 0.281 e. The van der Waals surface area contributed by atoms with Gasteiger partial charge in [-0.25, -0.2) is 0 Å². The van der Waals surface area contributed by atoms with E-state index in [1.165, 1.54) is 6.07 Å². The van der Waals surface area contributed by atoms with Gasteiger partial charge in [0.1, 0.15) is 0 Å². The van der Waals surface area contributed by atoms with Gasteiger partial charge in [-0.05, 0) is 26.0 Å². The molecule has 1 aliphatic rings. The Labute approximate surface area is 131 Å². The first-order chi connectivity index (χ1) is 10.7. The van der Waals surface area contributed by atoms with Crippen molar-refractivity contribution in [3.05, 3.63) is 39.4 Å². The standard InChI is InChI=1S/C15H13N3O5/c1-15(2)6-11(19)12(14(21)17-15)13(20)9-4-3-8(7-16)5-10(9)18(22)23/h3-5,12H,6H2,1-2H3,(H,17,21). The van der Waals surface area contributed by atoms with Gasteiger partial charge in [-0.3, -0.25) is 24.5 Å². The Kier molecular flexibility index (Phi) is 3.97. The fourth-order valence-electron chi connectivity index (χ4n) is 2.52. The van der Waals surface area contributed by atoms with Crippen molar-refractivity contribution in [2.45, 2.75) is 25.8 Å². The molecule has 23 heavy (non-hydrogen) atoms. The van der Waals surface area contributed by atoms with E-state index in [1.54, 1.807) is 19.9 Å². The van der Waals surface area contributed by atoms with Gasteiger partial charge in [0.05, 0.1) is 22.1 Å².